The molecule has 2 aromatic carbocycles. The largest absolute Gasteiger partial charge is 0.496 e. The maximum absolute atomic E-state index is 13.9. The van der Waals surface area contributed by atoms with Crippen LogP contribution in [0.15, 0.2) is 82.4 Å². The zero-order valence-corrected chi connectivity index (χ0v) is 22.1. The van der Waals surface area contributed by atoms with Crippen molar-refractivity contribution in [1.82, 2.24) is 9.13 Å². The topological polar surface area (TPSA) is 74.8 Å². The highest BCUT2D eigenvalue weighted by Gasteiger charge is 2.35. The van der Waals surface area contributed by atoms with Gasteiger partial charge in [0.2, 0.25) is 0 Å². The zero-order valence-electron chi connectivity index (χ0n) is 20.5. The Morgan fingerprint density at radius 2 is 2.03 bits per heavy atom. The number of para-hydroxylation sites is 1. The molecule has 0 bridgehead atoms. The van der Waals surface area contributed by atoms with Gasteiger partial charge in [0, 0.05) is 39.8 Å². The number of ether oxygens (including phenoxy) is 2. The maximum atomic E-state index is 13.9. The van der Waals surface area contributed by atoms with Gasteiger partial charge in [-0.2, -0.15) is 0 Å². The van der Waals surface area contributed by atoms with Crippen LogP contribution >= 0.6 is 22.9 Å². The Labute approximate surface area is 221 Å². The summed E-state index contributed by atoms with van der Waals surface area (Å²) in [4.78, 5) is 32.0. The number of allylic oxidation sites excluding steroid dienone is 2. The van der Waals surface area contributed by atoms with Crippen LogP contribution in [-0.4, -0.2) is 29.3 Å². The van der Waals surface area contributed by atoms with Crippen LogP contribution in [0.25, 0.3) is 17.0 Å². The lowest BCUT2D eigenvalue weighted by Crippen LogP contribution is -2.40. The molecule has 5 rings (SSSR count). The summed E-state index contributed by atoms with van der Waals surface area (Å²) >= 11 is 7.61. The first-order valence-corrected chi connectivity index (χ1v) is 12.7. The first-order chi connectivity index (χ1) is 17.9. The number of carbonyl (C=O) groups excluding carboxylic acids is 1. The Bertz CT molecular complexity index is 1780. The van der Waals surface area contributed by atoms with E-state index < -0.39 is 12.0 Å². The lowest BCUT2D eigenvalue weighted by atomic mass is 9.95. The fourth-order valence-electron chi connectivity index (χ4n) is 4.73. The number of thiazole rings is 1. The van der Waals surface area contributed by atoms with E-state index in [-0.39, 0.29) is 11.1 Å². The van der Waals surface area contributed by atoms with E-state index in [1.807, 2.05) is 42.6 Å². The molecule has 37 heavy (non-hydrogen) atoms. The molecular weight excluding hydrogens is 510 g/mol. The standard InChI is InChI=1S/C28H24ClN3O4S/c1-5-12-31-15-17(19-8-6-7-9-21(19)31)13-23-26(33)32-25(20-14-18(29)10-11-22(20)35-3)24(27(34)36-4)16(2)30-28(32)37-23/h5-11,13-15,25H,1,12H2,2-4H3/b23-13-/t25-/m0/s1. The average Bonchev–Trinajstić information content (AvgIpc) is 3.40. The van der Waals surface area contributed by atoms with Crippen molar-refractivity contribution in [3.63, 3.8) is 0 Å². The van der Waals surface area contributed by atoms with Crippen LogP contribution in [0.3, 0.4) is 0 Å². The molecule has 0 unspecified atom stereocenters. The minimum Gasteiger partial charge on any atom is -0.496 e. The number of fused-ring (bicyclic) bond motifs is 2. The minimum absolute atomic E-state index is 0.254. The summed E-state index contributed by atoms with van der Waals surface area (Å²) in [5.74, 6) is -0.0809. The van der Waals surface area contributed by atoms with E-state index in [4.69, 9.17) is 21.1 Å². The van der Waals surface area contributed by atoms with E-state index in [0.717, 1.165) is 16.5 Å². The highest BCUT2D eigenvalue weighted by atomic mass is 35.5. The number of rotatable bonds is 6. The minimum atomic E-state index is -0.818. The predicted octanol–water partition coefficient (Wildman–Crippen LogP) is 4.21. The molecule has 9 heteroatoms. The fourth-order valence-corrected chi connectivity index (χ4v) is 5.95. The number of carbonyl (C=O) groups is 1. The summed E-state index contributed by atoms with van der Waals surface area (Å²) in [6, 6.07) is 12.3. The molecule has 4 aromatic rings. The first-order valence-electron chi connectivity index (χ1n) is 11.5. The summed E-state index contributed by atoms with van der Waals surface area (Å²) in [5.41, 5.74) is 2.97. The molecule has 188 valence electrons. The molecule has 0 spiro atoms. The number of halogens is 1. The van der Waals surface area contributed by atoms with Crippen molar-refractivity contribution in [2.45, 2.75) is 19.5 Å². The molecule has 1 aliphatic heterocycles. The highest BCUT2D eigenvalue weighted by Crippen LogP contribution is 2.37. The monoisotopic (exact) mass is 533 g/mol. The maximum Gasteiger partial charge on any atom is 0.338 e. The van der Waals surface area contributed by atoms with E-state index in [0.29, 0.717) is 37.9 Å². The highest BCUT2D eigenvalue weighted by molar-refractivity contribution is 7.07. The lowest BCUT2D eigenvalue weighted by Gasteiger charge is -2.25. The van der Waals surface area contributed by atoms with E-state index in [2.05, 4.69) is 16.1 Å². The molecule has 7 nitrogen and oxygen atoms in total. The number of nitrogens with zero attached hydrogens (tertiary/aromatic N) is 3. The van der Waals surface area contributed by atoms with Crippen molar-refractivity contribution in [1.29, 1.82) is 0 Å². The van der Waals surface area contributed by atoms with Crippen LogP contribution in [0.5, 0.6) is 5.75 Å². The van der Waals surface area contributed by atoms with Crippen LogP contribution in [-0.2, 0) is 16.1 Å². The van der Waals surface area contributed by atoms with Gasteiger partial charge in [-0.15, -0.1) is 6.58 Å². The average molecular weight is 534 g/mol. The third-order valence-electron chi connectivity index (χ3n) is 6.35. The molecule has 0 radical (unpaired) electrons. The van der Waals surface area contributed by atoms with Gasteiger partial charge in [0.1, 0.15) is 11.8 Å². The summed E-state index contributed by atoms with van der Waals surface area (Å²) in [6.45, 7) is 6.23. The van der Waals surface area contributed by atoms with Gasteiger partial charge in [0.05, 0.1) is 30.0 Å². The Morgan fingerprint density at radius 3 is 2.76 bits per heavy atom. The summed E-state index contributed by atoms with van der Waals surface area (Å²) < 4.78 is 14.8. The van der Waals surface area contributed by atoms with Gasteiger partial charge >= 0.3 is 5.97 Å². The van der Waals surface area contributed by atoms with Crippen molar-refractivity contribution < 1.29 is 14.3 Å². The molecule has 0 amide bonds. The van der Waals surface area contributed by atoms with Gasteiger partial charge in [-0.3, -0.25) is 9.36 Å². The van der Waals surface area contributed by atoms with E-state index in [1.165, 1.54) is 30.1 Å². The van der Waals surface area contributed by atoms with E-state index in [1.54, 1.807) is 25.1 Å². The van der Waals surface area contributed by atoms with Gasteiger partial charge in [0.25, 0.3) is 5.56 Å². The van der Waals surface area contributed by atoms with Crippen molar-refractivity contribution in [2.75, 3.05) is 14.2 Å². The normalized spacial score (nSPS) is 15.5. The van der Waals surface area contributed by atoms with Crippen molar-refractivity contribution >= 4 is 45.9 Å². The number of aromatic nitrogens is 2. The van der Waals surface area contributed by atoms with Gasteiger partial charge in [-0.25, -0.2) is 9.79 Å². The molecular formula is C28H24ClN3O4S. The number of hydrogen-bond acceptors (Lipinski definition) is 6. The third-order valence-corrected chi connectivity index (χ3v) is 7.56. The molecule has 0 saturated heterocycles. The second-order valence-corrected chi connectivity index (χ2v) is 9.95. The van der Waals surface area contributed by atoms with Crippen molar-refractivity contribution in [3.8, 4) is 5.75 Å². The zero-order chi connectivity index (χ0) is 26.3. The molecule has 0 saturated carbocycles. The molecule has 1 aliphatic rings. The first kappa shape index (κ1) is 24.8. The summed E-state index contributed by atoms with van der Waals surface area (Å²) in [7, 11) is 2.84. The van der Waals surface area contributed by atoms with Crippen LogP contribution in [0.1, 0.15) is 24.1 Å². The Morgan fingerprint density at radius 1 is 1.24 bits per heavy atom. The molecule has 1 atom stereocenters. The van der Waals surface area contributed by atoms with Crippen LogP contribution < -0.4 is 19.6 Å². The molecule has 0 N–H and O–H groups in total. The molecule has 3 heterocycles. The predicted molar refractivity (Wildman–Crippen MR) is 146 cm³/mol. The van der Waals surface area contributed by atoms with Crippen LogP contribution in [0, 0.1) is 0 Å². The number of esters is 1. The molecule has 2 aromatic heterocycles. The summed E-state index contributed by atoms with van der Waals surface area (Å²) in [6.07, 6.45) is 5.71. The van der Waals surface area contributed by atoms with Gasteiger partial charge in [-0.1, -0.05) is 47.2 Å². The SMILES string of the molecule is C=CCn1cc(/C=c2\sc3n(c2=O)[C@@H](c2cc(Cl)ccc2OC)C(C(=O)OC)=C(C)N=3)c2ccccc21. The quantitative estimate of drug-likeness (QED) is 0.275. The second-order valence-electron chi connectivity index (χ2n) is 8.50. The van der Waals surface area contributed by atoms with Crippen molar-refractivity contribution in [2.24, 2.45) is 4.99 Å². The van der Waals surface area contributed by atoms with Crippen molar-refractivity contribution in [3.05, 3.63) is 108 Å². The third kappa shape index (κ3) is 4.22. The fraction of sp³-hybridized carbons (Fsp3) is 0.179. The molecule has 0 aliphatic carbocycles. The van der Waals surface area contributed by atoms with Gasteiger partial charge in [0.15, 0.2) is 4.80 Å². The van der Waals surface area contributed by atoms with Gasteiger partial charge < -0.3 is 14.0 Å². The van der Waals surface area contributed by atoms with E-state index in [9.17, 15) is 9.59 Å². The smallest absolute Gasteiger partial charge is 0.338 e. The number of methoxy groups -OCH3 is 2. The summed E-state index contributed by atoms with van der Waals surface area (Å²) in [5, 5.41) is 1.47. The number of hydrogen-bond donors (Lipinski definition) is 0. The lowest BCUT2D eigenvalue weighted by molar-refractivity contribution is -0.136. The Kier molecular flexibility index (Phi) is 6.62. The Balaban J connectivity index is 1.79. The molecule has 0 fully saturated rings. The van der Waals surface area contributed by atoms with Gasteiger partial charge in [-0.05, 0) is 37.3 Å². The van der Waals surface area contributed by atoms with E-state index >= 15 is 0 Å². The van der Waals surface area contributed by atoms with Crippen LogP contribution in [0.2, 0.25) is 5.02 Å². The Hall–Kier alpha value is -3.88. The van der Waals surface area contributed by atoms with Crippen LogP contribution in [0.4, 0.5) is 0 Å². The number of benzene rings is 2. The second kappa shape index (κ2) is 9.88.